The van der Waals surface area contributed by atoms with Crippen LogP contribution in [0.1, 0.15) is 37.9 Å². The van der Waals surface area contributed by atoms with E-state index in [1.54, 1.807) is 37.3 Å². The Kier molecular flexibility index (Phi) is 10.8. The van der Waals surface area contributed by atoms with Crippen molar-refractivity contribution in [3.8, 4) is 17.2 Å². The number of nitrogens with zero attached hydrogens (tertiary/aromatic N) is 2. The van der Waals surface area contributed by atoms with E-state index in [9.17, 15) is 14.4 Å². The van der Waals surface area contributed by atoms with Crippen LogP contribution < -0.4 is 29.1 Å². The third-order valence-electron chi connectivity index (χ3n) is 5.97. The highest BCUT2D eigenvalue weighted by Crippen LogP contribution is 2.35. The summed E-state index contributed by atoms with van der Waals surface area (Å²) in [5.41, 5.74) is 1.26. The van der Waals surface area contributed by atoms with Gasteiger partial charge in [0, 0.05) is 6.20 Å². The van der Waals surface area contributed by atoms with Crippen LogP contribution in [0, 0.1) is 3.57 Å². The molecule has 2 aromatic carbocycles. The minimum absolute atomic E-state index is 0.212. The summed E-state index contributed by atoms with van der Waals surface area (Å²) in [6.45, 7) is 6.38. The van der Waals surface area contributed by atoms with Crippen molar-refractivity contribution < 1.29 is 33.3 Å². The second kappa shape index (κ2) is 14.3. The molecule has 0 bridgehead atoms. The molecule has 10 nitrogen and oxygen atoms in total. The zero-order valence-corrected chi connectivity index (χ0v) is 27.8. The molecule has 1 aliphatic rings. The van der Waals surface area contributed by atoms with Gasteiger partial charge < -0.3 is 23.7 Å². The normalized spacial score (nSPS) is 14.4. The van der Waals surface area contributed by atoms with Crippen LogP contribution in [-0.2, 0) is 19.1 Å². The second-order valence-corrected chi connectivity index (χ2v) is 11.7. The van der Waals surface area contributed by atoms with E-state index in [4.69, 9.17) is 23.7 Å². The fourth-order valence-electron chi connectivity index (χ4n) is 4.27. The van der Waals surface area contributed by atoms with E-state index in [-0.39, 0.29) is 24.3 Å². The molecule has 0 N–H and O–H groups in total. The molecular weight excluding hydrogens is 743 g/mol. The molecule has 4 rings (SSSR count). The summed E-state index contributed by atoms with van der Waals surface area (Å²) in [6.07, 6.45) is 3.19. The number of hydrogen-bond acceptors (Lipinski definition) is 10. The van der Waals surface area contributed by atoms with Gasteiger partial charge in [-0.25, -0.2) is 14.6 Å². The monoisotopic (exact) mass is 770 g/mol. The van der Waals surface area contributed by atoms with Crippen molar-refractivity contribution in [1.82, 2.24) is 4.57 Å². The fourth-order valence-corrected chi connectivity index (χ4v) is 7.01. The predicted octanol–water partition coefficient (Wildman–Crippen LogP) is 4.12. The molecule has 0 fully saturated rings. The molecule has 0 saturated heterocycles. The first kappa shape index (κ1) is 31.8. The van der Waals surface area contributed by atoms with Gasteiger partial charge in [-0.05, 0) is 101 Å². The summed E-state index contributed by atoms with van der Waals surface area (Å²) in [5.74, 6) is 0.498. The molecular formula is C29H28BrIN2O8S. The van der Waals surface area contributed by atoms with Crippen LogP contribution in [0.15, 0.2) is 56.4 Å². The number of hydrogen-bond donors (Lipinski definition) is 0. The third-order valence-corrected chi connectivity index (χ3v) is 8.35. The number of thiazole rings is 1. The minimum atomic E-state index is -0.795. The van der Waals surface area contributed by atoms with Gasteiger partial charge in [0.2, 0.25) is 0 Å². The highest BCUT2D eigenvalue weighted by molar-refractivity contribution is 14.1. The Morgan fingerprint density at radius 1 is 1.07 bits per heavy atom. The number of fused-ring (bicyclic) bond motifs is 1. The van der Waals surface area contributed by atoms with Gasteiger partial charge in [-0.3, -0.25) is 9.36 Å². The Hall–Kier alpha value is -3.17. The summed E-state index contributed by atoms with van der Waals surface area (Å²) < 4.78 is 30.4. The number of methoxy groups -OCH3 is 1. The van der Waals surface area contributed by atoms with Crippen molar-refractivity contribution in [2.24, 2.45) is 4.99 Å². The smallest absolute Gasteiger partial charge is 0.344 e. The van der Waals surface area contributed by atoms with E-state index in [0.29, 0.717) is 49.8 Å². The lowest BCUT2D eigenvalue weighted by atomic mass is 9.97. The lowest BCUT2D eigenvalue weighted by molar-refractivity contribution is -0.145. The number of carbonyl (C=O) groups is 2. The average molecular weight is 771 g/mol. The lowest BCUT2D eigenvalue weighted by Gasteiger charge is -2.23. The van der Waals surface area contributed by atoms with Crippen molar-refractivity contribution in [3.05, 3.63) is 81.0 Å². The van der Waals surface area contributed by atoms with E-state index < -0.39 is 18.0 Å². The van der Waals surface area contributed by atoms with Crippen molar-refractivity contribution in [1.29, 1.82) is 0 Å². The van der Waals surface area contributed by atoms with E-state index in [0.717, 1.165) is 9.13 Å². The molecule has 3 aromatic rings. The van der Waals surface area contributed by atoms with Crippen molar-refractivity contribution in [2.75, 3.05) is 33.5 Å². The first-order valence-electron chi connectivity index (χ1n) is 13.0. The molecule has 1 aromatic heterocycles. The van der Waals surface area contributed by atoms with Crippen LogP contribution in [0.4, 0.5) is 0 Å². The van der Waals surface area contributed by atoms with Gasteiger partial charge in [0.25, 0.3) is 5.56 Å². The summed E-state index contributed by atoms with van der Waals surface area (Å²) in [6, 6.07) is 8.16. The maximum Gasteiger partial charge on any atom is 0.344 e. The van der Waals surface area contributed by atoms with Crippen LogP contribution in [0.2, 0.25) is 0 Å². The van der Waals surface area contributed by atoms with Gasteiger partial charge in [0.1, 0.15) is 5.75 Å². The van der Waals surface area contributed by atoms with Crippen LogP contribution in [-0.4, -0.2) is 50.0 Å². The van der Waals surface area contributed by atoms with Gasteiger partial charge in [0.05, 0.1) is 51.1 Å². The fraction of sp³-hybridized carbons (Fsp3) is 0.310. The zero-order chi connectivity index (χ0) is 30.4. The molecule has 0 unspecified atom stereocenters. The van der Waals surface area contributed by atoms with E-state index in [1.807, 2.05) is 19.9 Å². The predicted molar refractivity (Wildman–Crippen MR) is 169 cm³/mol. The van der Waals surface area contributed by atoms with Crippen LogP contribution >= 0.6 is 49.9 Å². The minimum Gasteiger partial charge on any atom is -0.490 e. The van der Waals surface area contributed by atoms with Gasteiger partial charge in [0.15, 0.2) is 22.9 Å². The zero-order valence-electron chi connectivity index (χ0n) is 23.3. The van der Waals surface area contributed by atoms with Crippen molar-refractivity contribution in [2.45, 2.75) is 26.8 Å². The standard InChI is InChI=1S/C29H28BrIN2O8S/c1-5-38-21-9-8-17(13-22(21)39-6-2)25-18(28(36)37-4)14-32-29-33(25)27(35)23(42-29)12-16-10-19(30)26(20(31)11-16)41-15-24(34)40-7-3/h8-14,25H,5-7,15H2,1-4H3/b23-12-/t25-/m1/s1. The highest BCUT2D eigenvalue weighted by Gasteiger charge is 2.31. The number of carbonyl (C=O) groups excluding carboxylic acids is 2. The highest BCUT2D eigenvalue weighted by atomic mass is 127. The van der Waals surface area contributed by atoms with Crippen molar-refractivity contribution in [3.63, 3.8) is 0 Å². The Labute approximate surface area is 267 Å². The van der Waals surface area contributed by atoms with Gasteiger partial charge >= 0.3 is 11.9 Å². The van der Waals surface area contributed by atoms with Crippen LogP contribution in [0.25, 0.3) is 6.08 Å². The number of rotatable bonds is 11. The van der Waals surface area contributed by atoms with Gasteiger partial charge in [-0.15, -0.1) is 0 Å². The van der Waals surface area contributed by atoms with Crippen LogP contribution in [0.5, 0.6) is 17.2 Å². The quantitative estimate of drug-likeness (QED) is 0.212. The number of benzene rings is 2. The maximum atomic E-state index is 13.9. The number of halogens is 2. The number of aromatic nitrogens is 1. The third kappa shape index (κ3) is 6.89. The van der Waals surface area contributed by atoms with Gasteiger partial charge in [-0.1, -0.05) is 17.4 Å². The Morgan fingerprint density at radius 2 is 1.81 bits per heavy atom. The molecule has 222 valence electrons. The Balaban J connectivity index is 1.79. The number of esters is 2. The molecule has 13 heteroatoms. The SMILES string of the molecule is CCOC(=O)COc1c(Br)cc(/C=c2\sc3n(c2=O)[C@H](c2ccc(OCC)c(OCC)c2)C(C(=O)OC)=CN=3)cc1I. The Morgan fingerprint density at radius 3 is 2.48 bits per heavy atom. The topological polar surface area (TPSA) is 115 Å². The summed E-state index contributed by atoms with van der Waals surface area (Å²) >= 11 is 6.81. The molecule has 1 atom stereocenters. The summed E-state index contributed by atoms with van der Waals surface area (Å²) in [4.78, 5) is 43.3. The van der Waals surface area contributed by atoms with E-state index in [2.05, 4.69) is 43.5 Å². The molecule has 0 saturated carbocycles. The molecule has 0 amide bonds. The first-order valence-corrected chi connectivity index (χ1v) is 15.7. The number of ether oxygens (including phenoxy) is 5. The van der Waals surface area contributed by atoms with Crippen molar-refractivity contribution >= 4 is 67.9 Å². The summed E-state index contributed by atoms with van der Waals surface area (Å²) in [5, 5.41) is 0. The molecule has 0 radical (unpaired) electrons. The average Bonchev–Trinajstić information content (AvgIpc) is 3.27. The lowest BCUT2D eigenvalue weighted by Crippen LogP contribution is -2.39. The first-order chi connectivity index (χ1) is 20.2. The van der Waals surface area contributed by atoms with E-state index >= 15 is 0 Å². The van der Waals surface area contributed by atoms with Gasteiger partial charge in [-0.2, -0.15) is 0 Å². The molecule has 0 spiro atoms. The maximum absolute atomic E-state index is 13.9. The summed E-state index contributed by atoms with van der Waals surface area (Å²) in [7, 11) is 1.29. The Bertz CT molecular complexity index is 1690. The molecule has 2 heterocycles. The van der Waals surface area contributed by atoms with Crippen LogP contribution in [0.3, 0.4) is 0 Å². The largest absolute Gasteiger partial charge is 0.490 e. The second-order valence-electron chi connectivity index (χ2n) is 8.66. The van der Waals surface area contributed by atoms with E-state index in [1.165, 1.54) is 29.2 Å². The molecule has 0 aliphatic carbocycles. The molecule has 1 aliphatic heterocycles. The molecule has 42 heavy (non-hydrogen) atoms.